The van der Waals surface area contributed by atoms with Crippen molar-refractivity contribution in [1.29, 1.82) is 0 Å². The first-order valence-electron chi connectivity index (χ1n) is 13.1. The number of hydrogen-bond donors (Lipinski definition) is 1. The lowest BCUT2D eigenvalue weighted by atomic mass is 9.84. The minimum atomic E-state index is -0.464. The molecular formula is C29H29F2N6O+. The summed E-state index contributed by atoms with van der Waals surface area (Å²) in [6, 6.07) is 7.23. The van der Waals surface area contributed by atoms with Crippen LogP contribution < -0.4 is 15.7 Å². The third-order valence-electron chi connectivity index (χ3n) is 8.97. The monoisotopic (exact) mass is 515 g/mol. The van der Waals surface area contributed by atoms with Crippen LogP contribution in [-0.2, 0) is 13.5 Å². The van der Waals surface area contributed by atoms with Crippen LogP contribution in [0.3, 0.4) is 0 Å². The number of aromatic nitrogens is 4. The number of nitrogens with one attached hydrogen (secondary N) is 1. The van der Waals surface area contributed by atoms with Crippen LogP contribution in [0.5, 0.6) is 0 Å². The zero-order valence-electron chi connectivity index (χ0n) is 21.8. The zero-order chi connectivity index (χ0) is 26.5. The lowest BCUT2D eigenvalue weighted by Crippen LogP contribution is -2.48. The summed E-state index contributed by atoms with van der Waals surface area (Å²) < 4.78 is 39.6. The van der Waals surface area contributed by atoms with E-state index in [9.17, 15) is 9.18 Å². The van der Waals surface area contributed by atoms with Crippen molar-refractivity contribution in [2.24, 2.45) is 18.4 Å². The SMILES string of the molecule is Cc1cc(CC2=[N+]=C3CCN[C@@H](C)C34C2C4n2ccn(-c3ccc4c(cnn4C)c3F)c2=O)cc(C)c1F. The summed E-state index contributed by atoms with van der Waals surface area (Å²) in [5.41, 5.74) is 4.78. The van der Waals surface area contributed by atoms with E-state index in [0.29, 0.717) is 28.5 Å². The molecule has 4 heterocycles. The molecule has 4 aromatic rings. The van der Waals surface area contributed by atoms with E-state index < -0.39 is 5.82 Å². The highest BCUT2D eigenvalue weighted by atomic mass is 19.1. The van der Waals surface area contributed by atoms with Crippen LogP contribution in [0.4, 0.5) is 8.78 Å². The Bertz CT molecular complexity index is 1770. The molecule has 2 fully saturated rings. The number of rotatable bonds is 4. The van der Waals surface area contributed by atoms with Crippen molar-refractivity contribution in [2.75, 3.05) is 6.54 Å². The predicted molar refractivity (Wildman–Crippen MR) is 143 cm³/mol. The first-order valence-corrected chi connectivity index (χ1v) is 13.1. The molecule has 7 rings (SSSR count). The van der Waals surface area contributed by atoms with Gasteiger partial charge in [-0.1, -0.05) is 12.1 Å². The molecule has 0 radical (unpaired) electrons. The third kappa shape index (κ3) is 2.94. The summed E-state index contributed by atoms with van der Waals surface area (Å²) in [6.45, 7) is 6.58. The minimum absolute atomic E-state index is 0.0603. The fourth-order valence-corrected chi connectivity index (χ4v) is 7.20. The zero-order valence-corrected chi connectivity index (χ0v) is 21.8. The number of hydrogen-bond acceptors (Lipinski definition) is 3. The Hall–Kier alpha value is -3.81. The van der Waals surface area contributed by atoms with Crippen molar-refractivity contribution in [3.8, 4) is 5.69 Å². The lowest BCUT2D eigenvalue weighted by molar-refractivity contribution is 0.377. The number of aryl methyl sites for hydroxylation is 3. The first kappa shape index (κ1) is 23.3. The molecule has 9 heteroatoms. The molecule has 1 N–H and O–H groups in total. The molecule has 4 atom stereocenters. The summed E-state index contributed by atoms with van der Waals surface area (Å²) in [5.74, 6) is -0.577. The normalized spacial score (nSPS) is 25.8. The molecule has 1 saturated heterocycles. The molecule has 2 aromatic heterocycles. The van der Waals surface area contributed by atoms with Gasteiger partial charge in [0.25, 0.3) is 11.4 Å². The van der Waals surface area contributed by atoms with Crippen LogP contribution in [0, 0.1) is 36.8 Å². The van der Waals surface area contributed by atoms with Crippen molar-refractivity contribution in [3.05, 3.63) is 81.7 Å². The fourth-order valence-electron chi connectivity index (χ4n) is 7.20. The highest BCUT2D eigenvalue weighted by Gasteiger charge is 2.82. The number of halogens is 2. The second-order valence-electron chi connectivity index (χ2n) is 11.0. The van der Waals surface area contributed by atoms with E-state index in [2.05, 4.69) is 17.3 Å². The third-order valence-corrected chi connectivity index (χ3v) is 8.97. The van der Waals surface area contributed by atoms with Crippen LogP contribution in [-0.4, -0.2) is 42.9 Å². The van der Waals surface area contributed by atoms with Crippen LogP contribution in [0.2, 0.25) is 0 Å². The molecule has 0 amide bonds. The van der Waals surface area contributed by atoms with Gasteiger partial charge in [0.2, 0.25) is 0 Å². The average Bonchev–Trinajstić information content (AvgIpc) is 3.11. The smallest absolute Gasteiger partial charge is 0.312 e. The van der Waals surface area contributed by atoms with Gasteiger partial charge in [-0.3, -0.25) is 13.8 Å². The summed E-state index contributed by atoms with van der Waals surface area (Å²) in [4.78, 5) is 13.8. The Labute approximate surface area is 218 Å². The topological polar surface area (TPSA) is 70.9 Å². The Kier molecular flexibility index (Phi) is 4.82. The number of benzene rings is 2. The summed E-state index contributed by atoms with van der Waals surface area (Å²) in [6.07, 6.45) is 6.35. The van der Waals surface area contributed by atoms with Gasteiger partial charge in [0.1, 0.15) is 11.2 Å². The molecular weight excluding hydrogens is 486 g/mol. The van der Waals surface area contributed by atoms with Crippen LogP contribution >= 0.6 is 0 Å². The number of nitrogens with zero attached hydrogens (tertiary/aromatic N) is 5. The van der Waals surface area contributed by atoms with E-state index in [0.717, 1.165) is 30.0 Å². The molecule has 3 unspecified atom stereocenters. The summed E-state index contributed by atoms with van der Waals surface area (Å²) in [5, 5.41) is 8.13. The highest BCUT2D eigenvalue weighted by Crippen LogP contribution is 2.67. The van der Waals surface area contributed by atoms with Gasteiger partial charge in [0.15, 0.2) is 5.82 Å². The van der Waals surface area contributed by atoms with Gasteiger partial charge >= 0.3 is 5.69 Å². The Balaban J connectivity index is 1.29. The largest absolute Gasteiger partial charge is 0.333 e. The fraction of sp³-hybridized carbons (Fsp3) is 0.379. The molecule has 3 aliphatic rings. The van der Waals surface area contributed by atoms with Crippen LogP contribution in [0.15, 0.2) is 47.7 Å². The molecule has 2 aliphatic heterocycles. The van der Waals surface area contributed by atoms with E-state index in [1.54, 1.807) is 54.7 Å². The van der Waals surface area contributed by atoms with Gasteiger partial charge in [-0.15, -0.1) is 4.67 Å². The molecule has 7 nitrogen and oxygen atoms in total. The average molecular weight is 516 g/mol. The van der Waals surface area contributed by atoms with Gasteiger partial charge in [-0.25, -0.2) is 13.6 Å². The first-order chi connectivity index (χ1) is 18.2. The Morgan fingerprint density at radius 3 is 2.68 bits per heavy atom. The molecule has 2 aromatic carbocycles. The second kappa shape index (κ2) is 7.85. The maximum atomic E-state index is 15.4. The van der Waals surface area contributed by atoms with Crippen molar-refractivity contribution in [1.82, 2.24) is 28.9 Å². The van der Waals surface area contributed by atoms with Crippen molar-refractivity contribution in [2.45, 2.75) is 45.7 Å². The van der Waals surface area contributed by atoms with Gasteiger partial charge in [0.05, 0.1) is 47.6 Å². The minimum Gasteiger partial charge on any atom is -0.312 e. The van der Waals surface area contributed by atoms with Gasteiger partial charge in [0, 0.05) is 32.0 Å². The molecule has 1 aliphatic carbocycles. The molecule has 1 spiro atoms. The van der Waals surface area contributed by atoms with Gasteiger partial charge < -0.3 is 5.32 Å². The highest BCUT2D eigenvalue weighted by molar-refractivity contribution is 6.12. The van der Waals surface area contributed by atoms with E-state index in [1.807, 2.05) is 12.1 Å². The molecule has 194 valence electrons. The van der Waals surface area contributed by atoms with Crippen molar-refractivity contribution in [3.63, 3.8) is 0 Å². The second-order valence-corrected chi connectivity index (χ2v) is 11.0. The predicted octanol–water partition coefficient (Wildman–Crippen LogP) is 3.17. The molecule has 1 saturated carbocycles. The van der Waals surface area contributed by atoms with E-state index >= 15 is 4.39 Å². The van der Waals surface area contributed by atoms with Gasteiger partial charge in [-0.2, -0.15) is 5.10 Å². The number of imidazole rings is 1. The maximum Gasteiger partial charge on any atom is 0.333 e. The Morgan fingerprint density at radius 2 is 1.92 bits per heavy atom. The lowest BCUT2D eigenvalue weighted by Gasteiger charge is -2.26. The van der Waals surface area contributed by atoms with Crippen LogP contribution in [0.25, 0.3) is 16.6 Å². The molecule has 38 heavy (non-hydrogen) atoms. The summed E-state index contributed by atoms with van der Waals surface area (Å²) >= 11 is 0. The van der Waals surface area contributed by atoms with Crippen LogP contribution in [0.1, 0.15) is 36.1 Å². The van der Waals surface area contributed by atoms with Crippen molar-refractivity contribution >= 4 is 22.3 Å². The number of fused-ring (bicyclic) bond motifs is 1. The standard InChI is InChI=1S/C29H29F2N6O/c1-15-11-18(12-16(2)25(15)30)13-20-24-27(29(24)17(3)32-8-7-23(29)34-20)37-10-9-36(28(37)38)22-6-5-21-19(26(22)31)14-33-35(21)4/h5-6,9-12,14,17,24,27,32H,7-8,13H2,1-4H3/q+1/t17-,24?,27?,29?/m0/s1. The summed E-state index contributed by atoms with van der Waals surface area (Å²) in [7, 11) is 1.76. The quantitative estimate of drug-likeness (QED) is 0.425. The van der Waals surface area contributed by atoms with E-state index in [-0.39, 0.29) is 40.6 Å². The van der Waals surface area contributed by atoms with Gasteiger partial charge in [-0.05, 0) is 49.6 Å². The maximum absolute atomic E-state index is 15.4. The van der Waals surface area contributed by atoms with E-state index in [1.165, 1.54) is 10.8 Å². The Morgan fingerprint density at radius 1 is 1.16 bits per heavy atom. The molecule has 0 bridgehead atoms. The van der Waals surface area contributed by atoms with E-state index in [4.69, 9.17) is 4.67 Å². The van der Waals surface area contributed by atoms with Crippen molar-refractivity contribution < 1.29 is 8.78 Å². The number of piperidine rings is 1.